The largest absolute Gasteiger partial charge is 0.337 e. The molecule has 178 valence electrons. The van der Waals surface area contributed by atoms with Crippen molar-refractivity contribution in [1.82, 2.24) is 14.5 Å². The molecule has 0 bridgehead atoms. The average molecular weight is 540 g/mol. The molecular formula is C28H22BrN5O2. The Balaban J connectivity index is 1.64. The maximum Gasteiger partial charge on any atom is 0.337 e. The summed E-state index contributed by atoms with van der Waals surface area (Å²) in [6.07, 6.45) is 1.54. The zero-order valence-corrected chi connectivity index (χ0v) is 21.3. The molecule has 0 saturated carbocycles. The second kappa shape index (κ2) is 9.10. The Morgan fingerprint density at radius 1 is 1.11 bits per heavy atom. The standard InChI is InChI=1S/C28H22BrN5O2/c1-28(2,17-30)19-8-11-21(12-9-19)33(16-18-6-4-3-5-7-18)27(36)34-24-15-31-23-13-10-20(29)14-22(23)25(24)32-26(34)35/h3-15H,16H2,1-2H3,(H,32,35). The number of aromatic nitrogens is 3. The van der Waals surface area contributed by atoms with Crippen LogP contribution in [0.4, 0.5) is 10.5 Å². The van der Waals surface area contributed by atoms with Crippen LogP contribution in [0.5, 0.6) is 0 Å². The number of aromatic amines is 1. The molecule has 1 N–H and O–H groups in total. The summed E-state index contributed by atoms with van der Waals surface area (Å²) in [4.78, 5) is 35.9. The van der Waals surface area contributed by atoms with E-state index in [2.05, 4.69) is 32.0 Å². The Hall–Kier alpha value is -4.22. The van der Waals surface area contributed by atoms with Gasteiger partial charge in [0.1, 0.15) is 0 Å². The Kier molecular flexibility index (Phi) is 5.94. The van der Waals surface area contributed by atoms with Crippen LogP contribution < -0.4 is 10.6 Å². The number of H-pyrrole nitrogens is 1. The number of amides is 1. The fraction of sp³-hybridized carbons (Fsp3) is 0.143. The number of nitrogens with one attached hydrogen (secondary N) is 1. The van der Waals surface area contributed by atoms with E-state index in [4.69, 9.17) is 0 Å². The summed E-state index contributed by atoms with van der Waals surface area (Å²) in [5.74, 6) is 0. The van der Waals surface area contributed by atoms with Crippen molar-refractivity contribution < 1.29 is 4.79 Å². The predicted octanol–water partition coefficient (Wildman–Crippen LogP) is 6.12. The lowest BCUT2D eigenvalue weighted by molar-refractivity contribution is 0.247. The van der Waals surface area contributed by atoms with Crippen molar-refractivity contribution in [3.8, 4) is 6.07 Å². The second-order valence-electron chi connectivity index (χ2n) is 9.08. The number of pyridine rings is 1. The molecule has 0 aliphatic heterocycles. The van der Waals surface area contributed by atoms with Gasteiger partial charge in [-0.05, 0) is 55.3 Å². The number of nitriles is 1. The van der Waals surface area contributed by atoms with Crippen LogP contribution in [0.3, 0.4) is 0 Å². The van der Waals surface area contributed by atoms with Crippen LogP contribution in [-0.2, 0) is 12.0 Å². The molecule has 36 heavy (non-hydrogen) atoms. The van der Waals surface area contributed by atoms with E-state index in [1.165, 1.54) is 0 Å². The highest BCUT2D eigenvalue weighted by molar-refractivity contribution is 9.10. The number of carbonyl (C=O) groups excluding carboxylic acids is 1. The third-order valence-electron chi connectivity index (χ3n) is 6.27. The molecule has 0 aliphatic carbocycles. The molecule has 0 spiro atoms. The Morgan fingerprint density at radius 2 is 1.83 bits per heavy atom. The molecule has 8 heteroatoms. The van der Waals surface area contributed by atoms with Gasteiger partial charge in [-0.3, -0.25) is 9.88 Å². The van der Waals surface area contributed by atoms with Gasteiger partial charge in [0.05, 0.1) is 40.8 Å². The van der Waals surface area contributed by atoms with Gasteiger partial charge in [-0.25, -0.2) is 14.2 Å². The van der Waals surface area contributed by atoms with Gasteiger partial charge in [0, 0.05) is 15.5 Å². The average Bonchev–Trinajstić information content (AvgIpc) is 3.24. The fourth-order valence-corrected chi connectivity index (χ4v) is 4.56. The monoisotopic (exact) mass is 539 g/mol. The lowest BCUT2D eigenvalue weighted by Crippen LogP contribution is -2.39. The molecule has 5 rings (SSSR count). The van der Waals surface area contributed by atoms with Crippen molar-refractivity contribution in [2.24, 2.45) is 0 Å². The number of hydrogen-bond donors (Lipinski definition) is 1. The molecule has 0 fully saturated rings. The van der Waals surface area contributed by atoms with Crippen molar-refractivity contribution in [1.29, 1.82) is 5.26 Å². The molecule has 3 aromatic carbocycles. The summed E-state index contributed by atoms with van der Waals surface area (Å²) >= 11 is 3.47. The highest BCUT2D eigenvalue weighted by Gasteiger charge is 2.25. The maximum absolute atomic E-state index is 14.0. The number of carbonyl (C=O) groups is 1. The number of fused-ring (bicyclic) bond motifs is 3. The summed E-state index contributed by atoms with van der Waals surface area (Å²) < 4.78 is 1.97. The number of imidazole rings is 1. The van der Waals surface area contributed by atoms with Gasteiger partial charge in [-0.2, -0.15) is 5.26 Å². The summed E-state index contributed by atoms with van der Waals surface area (Å²) in [7, 11) is 0. The van der Waals surface area contributed by atoms with Crippen LogP contribution in [0, 0.1) is 11.3 Å². The molecule has 2 heterocycles. The van der Waals surface area contributed by atoms with E-state index >= 15 is 0 Å². The van der Waals surface area contributed by atoms with Crippen molar-refractivity contribution in [3.63, 3.8) is 0 Å². The molecule has 0 aliphatic rings. The summed E-state index contributed by atoms with van der Waals surface area (Å²) in [6.45, 7) is 3.94. The lowest BCUT2D eigenvalue weighted by atomic mass is 9.86. The first-order chi connectivity index (χ1) is 17.3. The van der Waals surface area contributed by atoms with E-state index in [9.17, 15) is 14.9 Å². The van der Waals surface area contributed by atoms with Gasteiger partial charge >= 0.3 is 11.7 Å². The Bertz CT molecular complexity index is 1700. The maximum atomic E-state index is 14.0. The van der Waals surface area contributed by atoms with E-state index in [1.54, 1.807) is 23.2 Å². The summed E-state index contributed by atoms with van der Waals surface area (Å²) in [6, 6.07) is 24.3. The zero-order valence-electron chi connectivity index (χ0n) is 19.7. The predicted molar refractivity (Wildman–Crippen MR) is 144 cm³/mol. The van der Waals surface area contributed by atoms with Crippen molar-refractivity contribution in [3.05, 3.63) is 105 Å². The van der Waals surface area contributed by atoms with Crippen LogP contribution in [0.15, 0.2) is 88.3 Å². The first-order valence-corrected chi connectivity index (χ1v) is 12.1. The number of hydrogen-bond acceptors (Lipinski definition) is 4. The Morgan fingerprint density at radius 3 is 2.53 bits per heavy atom. The third kappa shape index (κ3) is 4.18. The minimum absolute atomic E-state index is 0.256. The molecular weight excluding hydrogens is 518 g/mol. The number of anilines is 1. The van der Waals surface area contributed by atoms with Gasteiger partial charge in [-0.1, -0.05) is 58.4 Å². The molecule has 0 radical (unpaired) electrons. The molecule has 0 atom stereocenters. The van der Waals surface area contributed by atoms with Crippen molar-refractivity contribution in [2.45, 2.75) is 25.8 Å². The zero-order chi connectivity index (χ0) is 25.4. The molecule has 2 aromatic heterocycles. The third-order valence-corrected chi connectivity index (χ3v) is 6.77. The van der Waals surface area contributed by atoms with Gasteiger partial charge < -0.3 is 4.98 Å². The van der Waals surface area contributed by atoms with Gasteiger partial charge in [0.15, 0.2) is 0 Å². The van der Waals surface area contributed by atoms with Crippen LogP contribution >= 0.6 is 15.9 Å². The van der Waals surface area contributed by atoms with Crippen molar-refractivity contribution in [2.75, 3.05) is 4.90 Å². The number of nitrogens with zero attached hydrogens (tertiary/aromatic N) is 4. The molecule has 1 amide bonds. The van der Waals surface area contributed by atoms with E-state index in [0.717, 1.165) is 25.6 Å². The van der Waals surface area contributed by atoms with E-state index in [-0.39, 0.29) is 6.54 Å². The number of rotatable bonds is 4. The van der Waals surface area contributed by atoms with Gasteiger partial charge in [-0.15, -0.1) is 0 Å². The normalized spacial score (nSPS) is 11.5. The van der Waals surface area contributed by atoms with E-state index in [0.29, 0.717) is 22.2 Å². The highest BCUT2D eigenvalue weighted by Crippen LogP contribution is 2.28. The fourth-order valence-electron chi connectivity index (χ4n) is 4.20. The number of halogens is 1. The number of benzene rings is 3. The van der Waals surface area contributed by atoms with Gasteiger partial charge in [0.2, 0.25) is 0 Å². The molecule has 0 unspecified atom stereocenters. The van der Waals surface area contributed by atoms with Gasteiger partial charge in [0.25, 0.3) is 0 Å². The molecule has 5 aromatic rings. The minimum atomic E-state index is -0.665. The topological polar surface area (TPSA) is 94.8 Å². The molecule has 7 nitrogen and oxygen atoms in total. The SMILES string of the molecule is CC(C)(C#N)c1ccc(N(Cc2ccccc2)C(=O)n2c(=O)[nH]c3c4cc(Br)ccc4ncc32)cc1. The van der Waals surface area contributed by atoms with Crippen LogP contribution in [-0.4, -0.2) is 20.6 Å². The lowest BCUT2D eigenvalue weighted by Gasteiger charge is -2.24. The summed E-state index contributed by atoms with van der Waals surface area (Å²) in [5, 5.41) is 10.2. The van der Waals surface area contributed by atoms with Crippen LogP contribution in [0.25, 0.3) is 21.9 Å². The highest BCUT2D eigenvalue weighted by atomic mass is 79.9. The Labute approximate surface area is 215 Å². The quantitative estimate of drug-likeness (QED) is 0.297. The van der Waals surface area contributed by atoms with Crippen LogP contribution in [0.2, 0.25) is 0 Å². The van der Waals surface area contributed by atoms with Crippen molar-refractivity contribution >= 4 is 49.6 Å². The minimum Gasteiger partial charge on any atom is -0.304 e. The van der Waals surface area contributed by atoms with Crippen LogP contribution in [0.1, 0.15) is 25.0 Å². The van der Waals surface area contributed by atoms with E-state index in [1.807, 2.05) is 74.5 Å². The second-order valence-corrected chi connectivity index (χ2v) is 10.00. The summed E-state index contributed by atoms with van der Waals surface area (Å²) in [5.41, 5.74) is 2.81. The first kappa shape index (κ1) is 23.5. The smallest absolute Gasteiger partial charge is 0.304 e. The first-order valence-electron chi connectivity index (χ1n) is 11.3. The van der Waals surface area contributed by atoms with E-state index < -0.39 is 17.1 Å². The molecule has 0 saturated heterocycles.